The molecule has 0 spiro atoms. The average molecular weight is 438 g/mol. The van der Waals surface area contributed by atoms with Crippen LogP contribution in [0.25, 0.3) is 10.9 Å². The van der Waals surface area contributed by atoms with Crippen LogP contribution in [0.15, 0.2) is 42.6 Å². The molecule has 0 unspecified atom stereocenters. The molecule has 0 saturated carbocycles. The van der Waals surface area contributed by atoms with Crippen LogP contribution in [0.4, 0.5) is 17.1 Å². The molecule has 1 aliphatic rings. The highest BCUT2D eigenvalue weighted by Crippen LogP contribution is 2.32. The zero-order chi connectivity index (χ0) is 22.7. The van der Waals surface area contributed by atoms with Gasteiger partial charge in [-0.3, -0.25) is 19.6 Å². The van der Waals surface area contributed by atoms with Crippen molar-refractivity contribution in [3.05, 3.63) is 58.3 Å². The van der Waals surface area contributed by atoms with Gasteiger partial charge in [-0.25, -0.2) is 0 Å². The van der Waals surface area contributed by atoms with Crippen LogP contribution in [0.2, 0.25) is 0 Å². The Morgan fingerprint density at radius 3 is 2.75 bits per heavy atom. The van der Waals surface area contributed by atoms with E-state index in [1.54, 1.807) is 6.07 Å². The second-order valence-corrected chi connectivity index (χ2v) is 7.98. The predicted octanol–water partition coefficient (Wildman–Crippen LogP) is 2.60. The standard InChI is InChI=1S/C22H26N6O4/c1-25(2)6-7-27-15-17-13-20(21(14-19(17)24-27)26-8-10-32-11-9-26)23-22(29)16-4-3-5-18(12-16)28(30)31/h3-5,12-15H,6-11H2,1-2H3,(H,23,29). The molecule has 1 saturated heterocycles. The zero-order valence-corrected chi connectivity index (χ0v) is 18.2. The van der Waals surface area contributed by atoms with Gasteiger partial charge in [-0.05, 0) is 32.3 Å². The van der Waals surface area contributed by atoms with Crippen LogP contribution in [-0.4, -0.2) is 72.5 Å². The van der Waals surface area contributed by atoms with Gasteiger partial charge < -0.3 is 19.9 Å². The van der Waals surface area contributed by atoms with E-state index in [-0.39, 0.29) is 11.3 Å². The minimum absolute atomic E-state index is 0.122. The monoisotopic (exact) mass is 438 g/mol. The molecule has 168 valence electrons. The van der Waals surface area contributed by atoms with Gasteiger partial charge in [0.05, 0.1) is 41.6 Å². The lowest BCUT2D eigenvalue weighted by atomic mass is 10.1. The Morgan fingerprint density at radius 1 is 1.25 bits per heavy atom. The lowest BCUT2D eigenvalue weighted by Crippen LogP contribution is -2.36. The highest BCUT2D eigenvalue weighted by Gasteiger charge is 2.20. The minimum atomic E-state index is -0.510. The molecule has 1 N–H and O–H groups in total. The van der Waals surface area contributed by atoms with E-state index in [9.17, 15) is 14.9 Å². The van der Waals surface area contributed by atoms with E-state index in [0.717, 1.165) is 29.7 Å². The van der Waals surface area contributed by atoms with Crippen LogP contribution in [0, 0.1) is 10.1 Å². The van der Waals surface area contributed by atoms with Gasteiger partial charge in [0.1, 0.15) is 0 Å². The first-order valence-corrected chi connectivity index (χ1v) is 10.4. The van der Waals surface area contributed by atoms with E-state index >= 15 is 0 Å². The first kappa shape index (κ1) is 21.7. The molecule has 1 aromatic heterocycles. The largest absolute Gasteiger partial charge is 0.378 e. The highest BCUT2D eigenvalue weighted by molar-refractivity contribution is 6.07. The molecule has 2 heterocycles. The number of nitrogens with one attached hydrogen (secondary N) is 1. The fourth-order valence-electron chi connectivity index (χ4n) is 3.65. The number of nitro benzene ring substituents is 1. The summed E-state index contributed by atoms with van der Waals surface area (Å²) < 4.78 is 7.38. The van der Waals surface area contributed by atoms with E-state index < -0.39 is 10.8 Å². The number of anilines is 2. The molecule has 10 nitrogen and oxygen atoms in total. The number of aromatic nitrogens is 2. The molecular weight excluding hydrogens is 412 g/mol. The number of fused-ring (bicyclic) bond motifs is 1. The van der Waals surface area contributed by atoms with Gasteiger partial charge in [-0.15, -0.1) is 0 Å². The Labute approximate surface area is 185 Å². The number of benzene rings is 2. The quantitative estimate of drug-likeness (QED) is 0.446. The number of hydrogen-bond donors (Lipinski definition) is 1. The topological polar surface area (TPSA) is 106 Å². The van der Waals surface area contributed by atoms with Crippen molar-refractivity contribution in [2.45, 2.75) is 6.54 Å². The molecule has 4 rings (SSSR count). The average Bonchev–Trinajstić information content (AvgIpc) is 3.19. The Hall–Kier alpha value is -3.50. The van der Waals surface area contributed by atoms with Crippen LogP contribution >= 0.6 is 0 Å². The van der Waals surface area contributed by atoms with Crippen molar-refractivity contribution in [3.63, 3.8) is 0 Å². The summed E-state index contributed by atoms with van der Waals surface area (Å²) in [6, 6.07) is 9.61. The molecule has 1 aliphatic heterocycles. The van der Waals surface area contributed by atoms with E-state index in [2.05, 4.69) is 15.1 Å². The van der Waals surface area contributed by atoms with Gasteiger partial charge in [-0.2, -0.15) is 5.10 Å². The fourth-order valence-corrected chi connectivity index (χ4v) is 3.65. The number of morpholine rings is 1. The summed E-state index contributed by atoms with van der Waals surface area (Å²) in [4.78, 5) is 27.8. The summed E-state index contributed by atoms with van der Waals surface area (Å²) in [5.41, 5.74) is 2.46. The SMILES string of the molecule is CN(C)CCn1cc2cc(NC(=O)c3cccc([N+](=O)[O-])c3)c(N3CCOCC3)cc2n1. The second kappa shape index (κ2) is 9.33. The molecular formula is C22H26N6O4. The summed E-state index contributed by atoms with van der Waals surface area (Å²) in [7, 11) is 4.03. The van der Waals surface area contributed by atoms with Crippen molar-refractivity contribution in [1.82, 2.24) is 14.7 Å². The number of ether oxygens (including phenoxy) is 1. The maximum Gasteiger partial charge on any atom is 0.270 e. The van der Waals surface area contributed by atoms with Gasteiger partial charge in [0, 0.05) is 48.9 Å². The normalized spacial score (nSPS) is 14.2. The third-order valence-corrected chi connectivity index (χ3v) is 5.36. The van der Waals surface area contributed by atoms with E-state index in [1.807, 2.05) is 37.1 Å². The van der Waals surface area contributed by atoms with Crippen LogP contribution < -0.4 is 10.2 Å². The van der Waals surface area contributed by atoms with Gasteiger partial charge in [0.2, 0.25) is 0 Å². The molecule has 10 heteroatoms. The van der Waals surface area contributed by atoms with Crippen LogP contribution in [-0.2, 0) is 11.3 Å². The van der Waals surface area contributed by atoms with Gasteiger partial charge in [-0.1, -0.05) is 6.07 Å². The summed E-state index contributed by atoms with van der Waals surface area (Å²) in [6.45, 7) is 4.23. The van der Waals surface area contributed by atoms with Crippen LogP contribution in [0.3, 0.4) is 0 Å². The van der Waals surface area contributed by atoms with Crippen molar-refractivity contribution >= 4 is 33.9 Å². The highest BCUT2D eigenvalue weighted by atomic mass is 16.6. The summed E-state index contributed by atoms with van der Waals surface area (Å²) >= 11 is 0. The second-order valence-electron chi connectivity index (χ2n) is 7.98. The van der Waals surface area contributed by atoms with E-state index in [1.165, 1.54) is 18.2 Å². The number of amides is 1. The van der Waals surface area contributed by atoms with Crippen LogP contribution in [0.1, 0.15) is 10.4 Å². The first-order chi connectivity index (χ1) is 15.4. The number of nitrogens with zero attached hydrogens (tertiary/aromatic N) is 5. The molecule has 32 heavy (non-hydrogen) atoms. The fraction of sp³-hybridized carbons (Fsp3) is 0.364. The molecule has 1 amide bonds. The summed E-state index contributed by atoms with van der Waals surface area (Å²) in [6.07, 6.45) is 1.96. The number of rotatable bonds is 7. The number of likely N-dealkylation sites (N-methyl/N-ethyl adjacent to an activating group) is 1. The molecule has 0 atom stereocenters. The van der Waals surface area contributed by atoms with Crippen molar-refractivity contribution in [2.75, 3.05) is 57.2 Å². The third-order valence-electron chi connectivity index (χ3n) is 5.36. The maximum absolute atomic E-state index is 12.9. The molecule has 0 radical (unpaired) electrons. The Bertz CT molecular complexity index is 1140. The van der Waals surface area contributed by atoms with Crippen molar-refractivity contribution < 1.29 is 14.5 Å². The van der Waals surface area contributed by atoms with E-state index in [0.29, 0.717) is 32.0 Å². The molecule has 0 aliphatic carbocycles. The van der Waals surface area contributed by atoms with Gasteiger partial charge in [0.15, 0.2) is 0 Å². The van der Waals surface area contributed by atoms with Crippen LogP contribution in [0.5, 0.6) is 0 Å². The lowest BCUT2D eigenvalue weighted by molar-refractivity contribution is -0.384. The van der Waals surface area contributed by atoms with Crippen molar-refractivity contribution in [3.8, 4) is 0 Å². The van der Waals surface area contributed by atoms with Gasteiger partial charge in [0.25, 0.3) is 11.6 Å². The van der Waals surface area contributed by atoms with E-state index in [4.69, 9.17) is 9.84 Å². The third kappa shape index (κ3) is 4.87. The lowest BCUT2D eigenvalue weighted by Gasteiger charge is -2.30. The molecule has 3 aromatic rings. The molecule has 2 aromatic carbocycles. The van der Waals surface area contributed by atoms with Crippen molar-refractivity contribution in [2.24, 2.45) is 0 Å². The minimum Gasteiger partial charge on any atom is -0.378 e. The summed E-state index contributed by atoms with van der Waals surface area (Å²) in [5.74, 6) is -0.400. The summed E-state index contributed by atoms with van der Waals surface area (Å²) in [5, 5.41) is 19.6. The molecule has 0 bridgehead atoms. The predicted molar refractivity (Wildman–Crippen MR) is 122 cm³/mol. The zero-order valence-electron chi connectivity index (χ0n) is 18.2. The number of carbonyl (C=O) groups is 1. The smallest absolute Gasteiger partial charge is 0.270 e. The number of carbonyl (C=O) groups excluding carboxylic acids is 1. The van der Waals surface area contributed by atoms with Crippen molar-refractivity contribution in [1.29, 1.82) is 0 Å². The number of non-ortho nitro benzene ring substituents is 1. The Balaban J connectivity index is 1.68. The number of nitro groups is 1. The maximum atomic E-state index is 12.9. The molecule has 1 fully saturated rings. The van der Waals surface area contributed by atoms with Gasteiger partial charge >= 0.3 is 0 Å². The Morgan fingerprint density at radius 2 is 2.03 bits per heavy atom. The number of hydrogen-bond acceptors (Lipinski definition) is 7. The first-order valence-electron chi connectivity index (χ1n) is 10.4. The Kier molecular flexibility index (Phi) is 6.33.